The zero-order chi connectivity index (χ0) is 43.0. The van der Waals surface area contributed by atoms with Crippen LogP contribution < -0.4 is 43.3 Å². The van der Waals surface area contributed by atoms with Gasteiger partial charge in [0, 0.05) is 23.2 Å². The Labute approximate surface area is 386 Å². The van der Waals surface area contributed by atoms with Gasteiger partial charge in [-0.05, 0) is 96.8 Å². The van der Waals surface area contributed by atoms with E-state index in [-0.39, 0.29) is 32.5 Å². The summed E-state index contributed by atoms with van der Waals surface area (Å²) < 4.78 is 0. The normalized spacial score (nSPS) is 11.9. The summed E-state index contributed by atoms with van der Waals surface area (Å²) in [5.41, 5.74) is 19.6. The van der Waals surface area contributed by atoms with E-state index in [0.29, 0.717) is 0 Å². The van der Waals surface area contributed by atoms with Crippen molar-refractivity contribution in [2.75, 3.05) is 0 Å². The van der Waals surface area contributed by atoms with Crippen molar-refractivity contribution in [1.29, 1.82) is 0 Å². The Balaban J connectivity index is 0.000000272. The molecular weight excluding hydrogens is 931 g/mol. The summed E-state index contributed by atoms with van der Waals surface area (Å²) in [7, 11) is 7.18. The fourth-order valence-electron chi connectivity index (χ4n) is 7.56. The van der Waals surface area contributed by atoms with Gasteiger partial charge in [0.25, 0.3) is 0 Å². The SMILES string of the molecule is Cc1ccc(C(S)c2ccc(C)cc2[PH+](c2ccccc2)c2ccccc2)c([PH+](c2ccccc2)c2ccccc2)c1.NC(c1ccccc1)C(N)c1ccccc1.[Cl][Ru+2][Cl]. The van der Waals surface area contributed by atoms with E-state index in [1.54, 1.807) is 0 Å². The number of hydrogen-bond acceptors (Lipinski definition) is 3. The van der Waals surface area contributed by atoms with E-state index < -0.39 is 15.8 Å². The predicted molar refractivity (Wildman–Crippen MR) is 272 cm³/mol. The van der Waals surface area contributed by atoms with Crippen molar-refractivity contribution in [1.82, 2.24) is 0 Å². The molecule has 0 saturated carbocycles. The number of thiol groups is 1. The van der Waals surface area contributed by atoms with E-state index in [2.05, 4.69) is 172 Å². The molecule has 0 saturated heterocycles. The van der Waals surface area contributed by atoms with E-state index in [9.17, 15) is 0 Å². The molecule has 4 N–H and O–H groups in total. The zero-order valence-electron chi connectivity index (χ0n) is 34.2. The molecule has 0 spiro atoms. The van der Waals surface area contributed by atoms with Crippen LogP contribution in [0.25, 0.3) is 0 Å². The van der Waals surface area contributed by atoms with E-state index >= 15 is 0 Å². The molecular formula is C53H52Cl2N2P2RuS+4. The first-order valence-electron chi connectivity index (χ1n) is 20.1. The van der Waals surface area contributed by atoms with Gasteiger partial charge in [0.1, 0.15) is 31.8 Å². The molecule has 0 aromatic heterocycles. The third-order valence-electron chi connectivity index (χ3n) is 10.6. The van der Waals surface area contributed by atoms with Gasteiger partial charge in [-0.2, -0.15) is 12.6 Å². The van der Waals surface area contributed by atoms with E-state index in [1.807, 2.05) is 60.7 Å². The standard InChI is InChI=1S/C39H34P2S.C14H16N2.2ClH.Ru/c1-29-23-25-35(37(27-29)40(31-15-7-3-8-16-31)32-17-9-4-10-18-32)39(42)36-26-24-30(2)28-38(36)41(33-19-11-5-12-20-33)34-21-13-6-14-22-34;15-13(11-7-3-1-4-8-11)14(16)12-9-5-2-6-10-12;;;/h3-28,39,42H,1-2H3;1-10,13-14H,15-16H2;2*1H;/q;;;;+4. The molecule has 2 unspecified atom stereocenters. The third-order valence-corrected chi connectivity index (χ3v) is 16.7. The van der Waals surface area contributed by atoms with Crippen molar-refractivity contribution < 1.29 is 15.1 Å². The zero-order valence-corrected chi connectivity index (χ0v) is 40.4. The van der Waals surface area contributed by atoms with Crippen molar-refractivity contribution in [3.63, 3.8) is 0 Å². The van der Waals surface area contributed by atoms with Crippen LogP contribution in [0.3, 0.4) is 0 Å². The summed E-state index contributed by atoms with van der Waals surface area (Å²) in [5, 5.41) is 8.34. The van der Waals surface area contributed by atoms with Gasteiger partial charge in [0.2, 0.25) is 0 Å². The Hall–Kier alpha value is -3.91. The summed E-state index contributed by atoms with van der Waals surface area (Å²) in [6, 6.07) is 77.8. The molecule has 0 aliphatic rings. The molecule has 2 atom stereocenters. The molecule has 0 radical (unpaired) electrons. The maximum absolute atomic E-state index is 6.15. The number of nitrogens with two attached hydrogens (primary N) is 2. The Morgan fingerprint density at radius 1 is 0.410 bits per heavy atom. The monoisotopic (exact) mass is 982 g/mol. The minimum atomic E-state index is -1.27. The molecule has 61 heavy (non-hydrogen) atoms. The molecule has 0 amide bonds. The van der Waals surface area contributed by atoms with Gasteiger partial charge in [-0.25, -0.2) is 0 Å². The predicted octanol–water partition coefficient (Wildman–Crippen LogP) is 11.1. The second-order valence-corrected chi connectivity index (χ2v) is 22.8. The number of hydrogen-bond donors (Lipinski definition) is 3. The topological polar surface area (TPSA) is 52.0 Å². The number of halogens is 2. The molecule has 8 aromatic rings. The fraction of sp³-hybridized carbons (Fsp3) is 0.0943. The molecule has 0 aliphatic carbocycles. The maximum atomic E-state index is 6.15. The van der Waals surface area contributed by atoms with Gasteiger partial charge in [-0.3, -0.25) is 0 Å². The van der Waals surface area contributed by atoms with Gasteiger partial charge in [-0.1, -0.05) is 158 Å². The third kappa shape index (κ3) is 12.6. The van der Waals surface area contributed by atoms with Crippen LogP contribution in [-0.4, -0.2) is 0 Å². The van der Waals surface area contributed by atoms with Crippen molar-refractivity contribution in [3.05, 3.63) is 252 Å². The van der Waals surface area contributed by atoms with Crippen LogP contribution in [0.5, 0.6) is 0 Å². The van der Waals surface area contributed by atoms with Gasteiger partial charge in [0.05, 0.1) is 21.1 Å². The van der Waals surface area contributed by atoms with E-state index in [0.717, 1.165) is 11.1 Å². The average Bonchev–Trinajstić information content (AvgIpc) is 3.31. The fourth-order valence-corrected chi connectivity index (χ4v) is 14.0. The van der Waals surface area contributed by atoms with Crippen LogP contribution in [0.2, 0.25) is 0 Å². The Bertz CT molecular complexity index is 2250. The van der Waals surface area contributed by atoms with Gasteiger partial charge in [0.15, 0.2) is 0 Å². The molecule has 8 rings (SSSR count). The Morgan fingerprint density at radius 2 is 0.656 bits per heavy atom. The van der Waals surface area contributed by atoms with Gasteiger partial charge in [-0.15, -0.1) is 0 Å². The van der Waals surface area contributed by atoms with Crippen molar-refractivity contribution in [2.24, 2.45) is 11.5 Å². The summed E-state index contributed by atoms with van der Waals surface area (Å²) in [4.78, 5) is 0. The minimum absolute atomic E-state index is 0.0592. The first-order chi connectivity index (χ1) is 29.8. The second-order valence-electron chi connectivity index (χ2n) is 14.7. The van der Waals surface area contributed by atoms with Crippen molar-refractivity contribution in [2.45, 2.75) is 31.2 Å². The summed E-state index contributed by atoms with van der Waals surface area (Å²) in [5.74, 6) is 0. The average molecular weight is 983 g/mol. The molecule has 308 valence electrons. The molecule has 8 aromatic carbocycles. The van der Waals surface area contributed by atoms with Gasteiger partial charge < -0.3 is 11.5 Å². The summed E-state index contributed by atoms with van der Waals surface area (Å²) in [6.45, 7) is 4.42. The molecule has 0 bridgehead atoms. The quantitative estimate of drug-likeness (QED) is 0.0687. The Kier molecular flexibility index (Phi) is 18.4. The van der Waals surface area contributed by atoms with E-state index in [4.69, 9.17) is 43.5 Å². The molecule has 0 heterocycles. The molecule has 8 heteroatoms. The van der Waals surface area contributed by atoms with Crippen LogP contribution >= 0.6 is 47.9 Å². The number of benzene rings is 8. The second kappa shape index (κ2) is 24.1. The summed E-state index contributed by atoms with van der Waals surface area (Å²) in [6.07, 6.45) is 0. The summed E-state index contributed by atoms with van der Waals surface area (Å²) >= 11 is 5.14. The molecule has 0 fully saturated rings. The van der Waals surface area contributed by atoms with Crippen LogP contribution in [0.4, 0.5) is 0 Å². The van der Waals surface area contributed by atoms with Crippen molar-refractivity contribution in [3.8, 4) is 0 Å². The number of rotatable bonds is 11. The van der Waals surface area contributed by atoms with Crippen LogP contribution in [0.15, 0.2) is 218 Å². The number of aryl methyl sites for hydroxylation is 2. The van der Waals surface area contributed by atoms with Crippen LogP contribution in [-0.2, 0) is 15.1 Å². The first-order valence-corrected chi connectivity index (χ1v) is 28.1. The van der Waals surface area contributed by atoms with E-state index in [1.165, 1.54) is 54.1 Å². The van der Waals surface area contributed by atoms with Crippen molar-refractivity contribution >= 4 is 79.7 Å². The van der Waals surface area contributed by atoms with Crippen LogP contribution in [0.1, 0.15) is 50.7 Å². The van der Waals surface area contributed by atoms with Gasteiger partial charge >= 0.3 is 34.5 Å². The molecule has 0 aliphatic heterocycles. The first kappa shape index (κ1) is 46.6. The van der Waals surface area contributed by atoms with Crippen LogP contribution in [0, 0.1) is 13.8 Å². The molecule has 2 nitrogen and oxygen atoms in total. The Morgan fingerprint density at radius 3 is 0.918 bits per heavy atom.